The summed E-state index contributed by atoms with van der Waals surface area (Å²) < 4.78 is 75.0. The Bertz CT molecular complexity index is 1430. The molecule has 2 bridgehead atoms. The van der Waals surface area contributed by atoms with Gasteiger partial charge in [-0.2, -0.15) is 0 Å². The van der Waals surface area contributed by atoms with E-state index in [0.29, 0.717) is 5.39 Å². The van der Waals surface area contributed by atoms with E-state index >= 15 is 0 Å². The summed E-state index contributed by atoms with van der Waals surface area (Å²) in [5.74, 6) is -3.79. The van der Waals surface area contributed by atoms with Crippen molar-refractivity contribution in [2.24, 2.45) is 11.8 Å². The highest BCUT2D eigenvalue weighted by Gasteiger charge is 2.48. The first kappa shape index (κ1) is 11.5. The summed E-state index contributed by atoms with van der Waals surface area (Å²) in [5, 5.41) is 14.5. The number of aliphatic hydroxyl groups is 1. The van der Waals surface area contributed by atoms with Crippen LogP contribution in [-0.4, -0.2) is 5.11 Å². The second-order valence-corrected chi connectivity index (χ2v) is 7.92. The topological polar surface area (TPSA) is 20.2 Å². The Morgan fingerprint density at radius 2 is 1.03 bits per heavy atom. The van der Waals surface area contributed by atoms with Crippen LogP contribution >= 0.6 is 0 Å². The van der Waals surface area contributed by atoms with Crippen molar-refractivity contribution in [1.29, 1.82) is 0 Å². The molecule has 2 aliphatic carbocycles. The molecule has 0 unspecified atom stereocenters. The Morgan fingerprint density at radius 1 is 0.600 bits per heavy atom. The van der Waals surface area contributed by atoms with E-state index in [1.54, 1.807) is 54.6 Å². The first-order chi connectivity index (χ1) is 17.8. The van der Waals surface area contributed by atoms with E-state index in [2.05, 4.69) is 0 Å². The van der Waals surface area contributed by atoms with E-state index in [9.17, 15) is 16.1 Å². The molecule has 0 aromatic heterocycles. The Kier molecular flexibility index (Phi) is 2.61. The van der Waals surface area contributed by atoms with E-state index in [1.165, 1.54) is 24.3 Å². The normalized spacial score (nSPS) is 35.8. The fourth-order valence-electron chi connectivity index (χ4n) is 4.54. The average molecular weight is 399 g/mol. The van der Waals surface area contributed by atoms with Crippen LogP contribution in [0.2, 0.25) is 0 Å². The molecule has 0 aliphatic heterocycles. The third kappa shape index (κ3) is 2.73. The largest absolute Gasteiger partial charge is 0.385 e. The van der Waals surface area contributed by atoms with Crippen LogP contribution in [0.25, 0.3) is 10.8 Å². The molecule has 2 aliphatic rings. The minimum absolute atomic E-state index is 0.0762. The molecule has 1 N–H and O–H groups in total. The highest BCUT2D eigenvalue weighted by molar-refractivity contribution is 5.83. The molecule has 0 saturated carbocycles. The summed E-state index contributed by atoms with van der Waals surface area (Å²) >= 11 is 0. The molecule has 0 amide bonds. The lowest BCUT2D eigenvalue weighted by atomic mass is 9.69. The highest BCUT2D eigenvalue weighted by atomic mass is 16.3. The number of fused-ring (bicyclic) bond motifs is 5. The lowest BCUT2D eigenvalue weighted by Gasteiger charge is -2.40. The highest BCUT2D eigenvalue weighted by Crippen LogP contribution is 2.49. The zero-order valence-corrected chi connectivity index (χ0v) is 16.3. The Labute approximate surface area is 189 Å². The molecule has 4 aromatic rings. The van der Waals surface area contributed by atoms with Crippen molar-refractivity contribution < 1.29 is 16.1 Å². The second-order valence-electron chi connectivity index (χ2n) is 7.92. The van der Waals surface area contributed by atoms with Gasteiger partial charge in [0.15, 0.2) is 0 Å². The number of hydrogen-bond acceptors (Lipinski definition) is 1. The van der Waals surface area contributed by atoms with E-state index in [-0.39, 0.29) is 27.8 Å². The molecule has 0 fully saturated rings. The number of benzene rings is 4. The fourth-order valence-corrected chi connectivity index (χ4v) is 4.54. The van der Waals surface area contributed by atoms with Gasteiger partial charge in [-0.3, -0.25) is 0 Å². The summed E-state index contributed by atoms with van der Waals surface area (Å²) in [5.41, 5.74) is -2.88. The van der Waals surface area contributed by atoms with Crippen LogP contribution < -0.4 is 0 Å². The Morgan fingerprint density at radius 3 is 1.53 bits per heavy atom. The van der Waals surface area contributed by atoms with Crippen LogP contribution in [0.4, 0.5) is 0 Å². The monoisotopic (exact) mass is 398 g/mol. The van der Waals surface area contributed by atoms with Crippen molar-refractivity contribution in [1.82, 2.24) is 0 Å². The summed E-state index contributed by atoms with van der Waals surface area (Å²) in [6.07, 6.45) is -10.3. The third-order valence-electron chi connectivity index (χ3n) is 6.15. The lowest BCUT2D eigenvalue weighted by Crippen LogP contribution is -2.43. The standard InChI is InChI=1S/C29H26O/c30-29(26-14-13-20-7-1-2-8-21(20)15-26)27-16-22-9-3-4-10-23(22)17-28(29)19-25-12-6-5-11-24(25)18-27/h1-15,27-28,30H,16-19H2/i16D2,17D2,18D2,19D2. The van der Waals surface area contributed by atoms with Gasteiger partial charge in [-0.15, -0.1) is 0 Å². The van der Waals surface area contributed by atoms with Crippen LogP contribution in [0.1, 0.15) is 38.8 Å². The molecule has 0 spiro atoms. The smallest absolute Gasteiger partial charge is 0.0965 e. The summed E-state index contributed by atoms with van der Waals surface area (Å²) in [6, 6.07) is 24.1. The van der Waals surface area contributed by atoms with Gasteiger partial charge in [-0.25, -0.2) is 0 Å². The summed E-state index contributed by atoms with van der Waals surface area (Å²) in [6.45, 7) is 0. The molecule has 0 saturated heterocycles. The van der Waals surface area contributed by atoms with E-state index in [1.807, 2.05) is 12.1 Å². The van der Waals surface area contributed by atoms with Gasteiger partial charge in [0.1, 0.15) is 0 Å². The molecule has 0 radical (unpaired) electrons. The molecule has 4 aromatic carbocycles. The first-order valence-electron chi connectivity index (χ1n) is 14.2. The molecular weight excluding hydrogens is 364 g/mol. The van der Waals surface area contributed by atoms with E-state index in [0.717, 1.165) is 5.39 Å². The second kappa shape index (κ2) is 6.82. The predicted octanol–water partition coefficient (Wildman–Crippen LogP) is 5.86. The van der Waals surface area contributed by atoms with Crippen molar-refractivity contribution >= 4 is 10.8 Å². The van der Waals surface area contributed by atoms with Gasteiger partial charge in [0.2, 0.25) is 0 Å². The maximum atomic E-state index is 13.0. The van der Waals surface area contributed by atoms with Crippen molar-refractivity contribution in [3.8, 4) is 0 Å². The molecular formula is C29H26O. The number of rotatable bonds is 1. The summed E-state index contributed by atoms with van der Waals surface area (Å²) in [7, 11) is 0. The van der Waals surface area contributed by atoms with Gasteiger partial charge in [0.25, 0.3) is 0 Å². The average Bonchev–Trinajstić information content (AvgIpc) is 2.95. The lowest BCUT2D eigenvalue weighted by molar-refractivity contribution is -0.0711. The SMILES string of the molecule is [2H]C1([2H])c2ccccc2C([2H])([2H])C2C([2H])([2H])c3ccccc3C([2H])([2H])C1C2(O)c1ccc2ccccc2c1. The van der Waals surface area contributed by atoms with Gasteiger partial charge in [-0.05, 0) is 70.1 Å². The van der Waals surface area contributed by atoms with Crippen LogP contribution in [-0.2, 0) is 31.1 Å². The fraction of sp³-hybridized carbons (Fsp3) is 0.241. The molecule has 6 rings (SSSR count). The minimum atomic E-state index is -2.61. The summed E-state index contributed by atoms with van der Waals surface area (Å²) in [4.78, 5) is 0. The third-order valence-corrected chi connectivity index (χ3v) is 6.15. The van der Waals surface area contributed by atoms with Crippen LogP contribution in [0.5, 0.6) is 0 Å². The molecule has 30 heavy (non-hydrogen) atoms. The quantitative estimate of drug-likeness (QED) is 0.426. The van der Waals surface area contributed by atoms with Crippen molar-refractivity contribution in [3.63, 3.8) is 0 Å². The van der Waals surface area contributed by atoms with Crippen molar-refractivity contribution in [2.45, 2.75) is 31.1 Å². The molecule has 1 nitrogen and oxygen atoms in total. The van der Waals surface area contributed by atoms with Crippen molar-refractivity contribution in [2.75, 3.05) is 0 Å². The minimum Gasteiger partial charge on any atom is -0.385 e. The van der Waals surface area contributed by atoms with Gasteiger partial charge in [0.05, 0.1) is 5.60 Å². The Balaban J connectivity index is 1.83. The maximum absolute atomic E-state index is 13.0. The van der Waals surface area contributed by atoms with E-state index < -0.39 is 42.9 Å². The molecule has 0 heterocycles. The molecule has 1 heteroatoms. The molecule has 0 atom stereocenters. The zero-order chi connectivity index (χ0) is 27.3. The van der Waals surface area contributed by atoms with Gasteiger partial charge < -0.3 is 5.11 Å². The van der Waals surface area contributed by atoms with Gasteiger partial charge in [0, 0.05) is 22.8 Å². The van der Waals surface area contributed by atoms with Crippen LogP contribution in [0, 0.1) is 11.8 Å². The van der Waals surface area contributed by atoms with Gasteiger partial charge in [-0.1, -0.05) is 84.9 Å². The van der Waals surface area contributed by atoms with Crippen molar-refractivity contribution in [3.05, 3.63) is 119 Å². The number of hydrogen-bond donors (Lipinski definition) is 1. The zero-order valence-electron chi connectivity index (χ0n) is 24.3. The predicted molar refractivity (Wildman–Crippen MR) is 123 cm³/mol. The van der Waals surface area contributed by atoms with E-state index in [4.69, 9.17) is 0 Å². The maximum Gasteiger partial charge on any atom is 0.0965 e. The van der Waals surface area contributed by atoms with Crippen LogP contribution in [0.3, 0.4) is 0 Å². The first-order valence-corrected chi connectivity index (χ1v) is 10.2. The Hall–Kier alpha value is -2.90. The van der Waals surface area contributed by atoms with Crippen LogP contribution in [0.15, 0.2) is 91.0 Å². The van der Waals surface area contributed by atoms with Gasteiger partial charge >= 0.3 is 0 Å². The molecule has 148 valence electrons.